The van der Waals surface area contributed by atoms with Gasteiger partial charge in [-0.25, -0.2) is 0 Å². The van der Waals surface area contributed by atoms with Crippen molar-refractivity contribution in [3.05, 3.63) is 28.2 Å². The molecule has 108 valence electrons. The van der Waals surface area contributed by atoms with Crippen LogP contribution in [0, 0.1) is 0 Å². The molecule has 0 saturated carbocycles. The Bertz CT molecular complexity index is 426. The molecular formula is C14H21Cl2NOS. The van der Waals surface area contributed by atoms with Gasteiger partial charge in [-0.3, -0.25) is 4.21 Å². The van der Waals surface area contributed by atoms with Gasteiger partial charge in [-0.15, -0.1) is 0 Å². The first-order chi connectivity index (χ1) is 9.08. The van der Waals surface area contributed by atoms with Gasteiger partial charge in [0.05, 0.1) is 20.8 Å². The van der Waals surface area contributed by atoms with Gasteiger partial charge in [0.25, 0.3) is 0 Å². The number of halogens is 2. The van der Waals surface area contributed by atoms with Crippen molar-refractivity contribution in [2.24, 2.45) is 0 Å². The Morgan fingerprint density at radius 1 is 1.21 bits per heavy atom. The smallest absolute Gasteiger partial charge is 0.0604 e. The molecule has 0 aliphatic carbocycles. The molecule has 0 radical (unpaired) electrons. The molecule has 2 atom stereocenters. The molecule has 2 unspecified atom stereocenters. The van der Waals surface area contributed by atoms with Crippen molar-refractivity contribution in [2.75, 3.05) is 12.3 Å². The van der Waals surface area contributed by atoms with Crippen molar-refractivity contribution in [3.8, 4) is 0 Å². The highest BCUT2D eigenvalue weighted by atomic mass is 35.5. The van der Waals surface area contributed by atoms with Gasteiger partial charge in [0, 0.05) is 16.7 Å². The summed E-state index contributed by atoms with van der Waals surface area (Å²) in [4.78, 5) is 0.744. The van der Waals surface area contributed by atoms with Crippen LogP contribution in [0.2, 0.25) is 10.0 Å². The largest absolute Gasteiger partial charge is 0.313 e. The lowest BCUT2D eigenvalue weighted by atomic mass is 10.2. The minimum absolute atomic E-state index is 0.292. The van der Waals surface area contributed by atoms with E-state index in [0.29, 0.717) is 21.8 Å². The van der Waals surface area contributed by atoms with E-state index in [4.69, 9.17) is 23.2 Å². The van der Waals surface area contributed by atoms with Crippen molar-refractivity contribution in [1.29, 1.82) is 0 Å². The first-order valence-electron chi connectivity index (χ1n) is 6.65. The van der Waals surface area contributed by atoms with E-state index < -0.39 is 10.8 Å². The van der Waals surface area contributed by atoms with E-state index in [2.05, 4.69) is 19.2 Å². The summed E-state index contributed by atoms with van der Waals surface area (Å²) in [7, 11) is -1.04. The first kappa shape index (κ1) is 17.0. The second-order valence-corrected chi connectivity index (χ2v) is 6.84. The van der Waals surface area contributed by atoms with E-state index in [0.717, 1.165) is 30.7 Å². The molecule has 0 aliphatic heterocycles. The van der Waals surface area contributed by atoms with Crippen molar-refractivity contribution in [3.63, 3.8) is 0 Å². The van der Waals surface area contributed by atoms with E-state index in [-0.39, 0.29) is 0 Å². The number of benzene rings is 1. The van der Waals surface area contributed by atoms with Crippen LogP contribution >= 0.6 is 23.2 Å². The van der Waals surface area contributed by atoms with E-state index in [1.807, 2.05) is 0 Å². The van der Waals surface area contributed by atoms with E-state index >= 15 is 0 Å². The highest BCUT2D eigenvalue weighted by Crippen LogP contribution is 2.24. The molecule has 0 fully saturated rings. The standard InChI is InChI=1S/C14H21Cl2NOS/c1-3-5-11(17-8-4-2)10-19(18)12-6-7-13(15)14(16)9-12/h6-7,9,11,17H,3-5,8,10H2,1-2H3. The number of rotatable bonds is 8. The second kappa shape index (κ2) is 8.96. The second-order valence-electron chi connectivity index (χ2n) is 4.53. The summed E-state index contributed by atoms with van der Waals surface area (Å²) in [5, 5.41) is 4.40. The number of nitrogens with one attached hydrogen (secondary N) is 1. The first-order valence-corrected chi connectivity index (χ1v) is 8.72. The van der Waals surface area contributed by atoms with Gasteiger partial charge < -0.3 is 5.32 Å². The predicted octanol–water partition coefficient (Wildman–Crippen LogP) is 4.27. The molecule has 0 spiro atoms. The molecule has 0 aromatic heterocycles. The van der Waals surface area contributed by atoms with Crippen LogP contribution in [0.3, 0.4) is 0 Å². The molecule has 1 rings (SSSR count). The van der Waals surface area contributed by atoms with Crippen LogP contribution in [0.4, 0.5) is 0 Å². The molecule has 0 heterocycles. The van der Waals surface area contributed by atoms with E-state index in [1.54, 1.807) is 18.2 Å². The minimum atomic E-state index is -1.04. The summed E-state index contributed by atoms with van der Waals surface area (Å²) < 4.78 is 12.3. The summed E-state index contributed by atoms with van der Waals surface area (Å²) in [5.74, 6) is 0.617. The maximum absolute atomic E-state index is 12.3. The Hall–Kier alpha value is -0.0900. The summed E-state index contributed by atoms with van der Waals surface area (Å²) >= 11 is 11.8. The molecule has 1 aromatic rings. The van der Waals surface area contributed by atoms with Gasteiger partial charge in [0.2, 0.25) is 0 Å². The van der Waals surface area contributed by atoms with E-state index in [1.165, 1.54) is 0 Å². The van der Waals surface area contributed by atoms with Crippen molar-refractivity contribution in [1.82, 2.24) is 5.32 Å². The maximum atomic E-state index is 12.3. The summed E-state index contributed by atoms with van der Waals surface area (Å²) in [6.07, 6.45) is 3.20. The Kier molecular flexibility index (Phi) is 8.00. The van der Waals surface area contributed by atoms with Gasteiger partial charge in [-0.2, -0.15) is 0 Å². The van der Waals surface area contributed by atoms with Crippen LogP contribution in [0.15, 0.2) is 23.1 Å². The monoisotopic (exact) mass is 321 g/mol. The van der Waals surface area contributed by atoms with Crippen molar-refractivity contribution in [2.45, 2.75) is 44.0 Å². The SMILES string of the molecule is CCCNC(CCC)CS(=O)c1ccc(Cl)c(Cl)c1. The average Bonchev–Trinajstić information content (AvgIpc) is 2.39. The van der Waals surface area contributed by atoms with Crippen molar-refractivity contribution < 1.29 is 4.21 Å². The number of hydrogen-bond acceptors (Lipinski definition) is 2. The summed E-state index contributed by atoms with van der Waals surface area (Å²) in [6.45, 7) is 5.23. The highest BCUT2D eigenvalue weighted by molar-refractivity contribution is 7.85. The van der Waals surface area contributed by atoms with Gasteiger partial charge in [0.1, 0.15) is 0 Å². The Labute approximate surface area is 128 Å². The van der Waals surface area contributed by atoms with Crippen LogP contribution in [0.25, 0.3) is 0 Å². The van der Waals surface area contributed by atoms with Gasteiger partial charge in [-0.1, -0.05) is 43.5 Å². The van der Waals surface area contributed by atoms with Crippen LogP contribution in [0.1, 0.15) is 33.1 Å². The molecule has 1 N–H and O–H groups in total. The molecule has 5 heteroatoms. The van der Waals surface area contributed by atoms with Crippen LogP contribution in [-0.4, -0.2) is 22.5 Å². The Morgan fingerprint density at radius 3 is 2.53 bits per heavy atom. The highest BCUT2D eigenvalue weighted by Gasteiger charge is 2.13. The molecule has 0 aliphatic rings. The predicted molar refractivity (Wildman–Crippen MR) is 84.7 cm³/mol. The summed E-state index contributed by atoms with van der Waals surface area (Å²) in [5.41, 5.74) is 0. The topological polar surface area (TPSA) is 29.1 Å². The van der Waals surface area contributed by atoms with Gasteiger partial charge in [-0.05, 0) is 37.6 Å². The third-order valence-corrected chi connectivity index (χ3v) is 5.05. The fraction of sp³-hybridized carbons (Fsp3) is 0.571. The fourth-order valence-corrected chi connectivity index (χ4v) is 3.51. The molecule has 19 heavy (non-hydrogen) atoms. The lowest BCUT2D eigenvalue weighted by Gasteiger charge is -2.17. The molecule has 0 saturated heterocycles. The fourth-order valence-electron chi connectivity index (χ4n) is 1.84. The molecule has 1 aromatic carbocycles. The van der Waals surface area contributed by atoms with Gasteiger partial charge in [0.15, 0.2) is 0 Å². The average molecular weight is 322 g/mol. The van der Waals surface area contributed by atoms with Gasteiger partial charge >= 0.3 is 0 Å². The molecular weight excluding hydrogens is 301 g/mol. The lowest BCUT2D eigenvalue weighted by molar-refractivity contribution is 0.510. The lowest BCUT2D eigenvalue weighted by Crippen LogP contribution is -2.34. The third-order valence-electron chi connectivity index (χ3n) is 2.83. The zero-order valence-corrected chi connectivity index (χ0v) is 13.7. The minimum Gasteiger partial charge on any atom is -0.313 e. The number of hydrogen-bond donors (Lipinski definition) is 1. The zero-order chi connectivity index (χ0) is 14.3. The quantitative estimate of drug-likeness (QED) is 0.774. The summed E-state index contributed by atoms with van der Waals surface area (Å²) in [6, 6.07) is 5.47. The Morgan fingerprint density at radius 2 is 1.95 bits per heavy atom. The zero-order valence-electron chi connectivity index (χ0n) is 11.4. The third kappa shape index (κ3) is 5.82. The normalized spacial score (nSPS) is 14.3. The van der Waals surface area contributed by atoms with Crippen LogP contribution in [0.5, 0.6) is 0 Å². The molecule has 0 amide bonds. The van der Waals surface area contributed by atoms with Crippen LogP contribution in [-0.2, 0) is 10.8 Å². The molecule has 2 nitrogen and oxygen atoms in total. The van der Waals surface area contributed by atoms with E-state index in [9.17, 15) is 4.21 Å². The molecule has 0 bridgehead atoms. The maximum Gasteiger partial charge on any atom is 0.0604 e. The Balaban J connectivity index is 2.66. The van der Waals surface area contributed by atoms with Crippen molar-refractivity contribution >= 4 is 34.0 Å². The van der Waals surface area contributed by atoms with Crippen LogP contribution < -0.4 is 5.32 Å².